The van der Waals surface area contributed by atoms with E-state index in [1.54, 1.807) is 29.2 Å². The molecule has 1 saturated heterocycles. The Morgan fingerprint density at radius 3 is 2.50 bits per heavy atom. The van der Waals surface area contributed by atoms with Gasteiger partial charge in [-0.3, -0.25) is 14.5 Å². The number of hydrogen-bond acceptors (Lipinski definition) is 5. The van der Waals surface area contributed by atoms with Gasteiger partial charge in [-0.15, -0.1) is 6.58 Å². The summed E-state index contributed by atoms with van der Waals surface area (Å²) in [6, 6.07) is 14.7. The third-order valence-electron chi connectivity index (χ3n) is 7.48. The van der Waals surface area contributed by atoms with Gasteiger partial charge in [0.05, 0.1) is 17.7 Å². The molecule has 2 amide bonds. The molecule has 8 heteroatoms. The predicted molar refractivity (Wildman–Crippen MR) is 143 cm³/mol. The Morgan fingerprint density at radius 2 is 1.87 bits per heavy atom. The van der Waals surface area contributed by atoms with Crippen LogP contribution >= 0.6 is 0 Å². The normalized spacial score (nSPS) is 20.0. The highest BCUT2D eigenvalue weighted by Gasteiger charge is 2.42. The second-order valence-corrected chi connectivity index (χ2v) is 10.2. The number of piperidine rings is 1. The number of nitrogens with zero attached hydrogens (tertiary/aromatic N) is 3. The van der Waals surface area contributed by atoms with Gasteiger partial charge in [0.15, 0.2) is 0 Å². The van der Waals surface area contributed by atoms with Crippen LogP contribution in [0.15, 0.2) is 61.2 Å². The first-order valence-electron chi connectivity index (χ1n) is 13.3. The Balaban J connectivity index is 1.39. The monoisotopic (exact) mass is 518 g/mol. The molecule has 200 valence electrons. The van der Waals surface area contributed by atoms with E-state index in [0.717, 1.165) is 18.5 Å². The Morgan fingerprint density at radius 1 is 1.18 bits per heavy atom. The smallest absolute Gasteiger partial charge is 0.251 e. The number of amides is 2. The molecule has 0 radical (unpaired) electrons. The first kappa shape index (κ1) is 27.5. The molecule has 2 aliphatic rings. The molecule has 2 fully saturated rings. The van der Waals surface area contributed by atoms with Crippen molar-refractivity contribution in [2.24, 2.45) is 0 Å². The second kappa shape index (κ2) is 12.8. The molecule has 1 aliphatic carbocycles. The van der Waals surface area contributed by atoms with E-state index in [4.69, 9.17) is 5.26 Å². The highest BCUT2D eigenvalue weighted by molar-refractivity contribution is 5.97. The number of carbonyl (C=O) groups is 2. The Bertz CT molecular complexity index is 1150. The number of rotatable bonds is 11. The Kier molecular flexibility index (Phi) is 9.27. The van der Waals surface area contributed by atoms with Crippen LogP contribution in [0, 0.1) is 17.1 Å². The summed E-state index contributed by atoms with van der Waals surface area (Å²) in [4.78, 5) is 30.5. The van der Waals surface area contributed by atoms with Gasteiger partial charge in [0.2, 0.25) is 5.91 Å². The van der Waals surface area contributed by atoms with Crippen LogP contribution in [0.5, 0.6) is 0 Å². The van der Waals surface area contributed by atoms with E-state index in [-0.39, 0.29) is 17.6 Å². The average molecular weight is 519 g/mol. The zero-order valence-electron chi connectivity index (χ0n) is 21.6. The van der Waals surface area contributed by atoms with E-state index in [9.17, 15) is 19.1 Å². The summed E-state index contributed by atoms with van der Waals surface area (Å²) in [7, 11) is 0. The van der Waals surface area contributed by atoms with E-state index in [0.29, 0.717) is 68.4 Å². The fourth-order valence-electron chi connectivity index (χ4n) is 5.21. The Hall–Kier alpha value is -3.54. The summed E-state index contributed by atoms with van der Waals surface area (Å²) in [6.45, 7) is 6.28. The topological polar surface area (TPSA) is 96.7 Å². The van der Waals surface area contributed by atoms with E-state index < -0.39 is 12.1 Å². The van der Waals surface area contributed by atoms with Gasteiger partial charge in [-0.1, -0.05) is 18.2 Å². The van der Waals surface area contributed by atoms with Crippen LogP contribution in [0.4, 0.5) is 4.39 Å². The van der Waals surface area contributed by atoms with Crippen LogP contribution in [0.1, 0.15) is 59.5 Å². The second-order valence-electron chi connectivity index (χ2n) is 10.2. The lowest BCUT2D eigenvalue weighted by Crippen LogP contribution is -2.51. The summed E-state index contributed by atoms with van der Waals surface area (Å²) < 4.78 is 13.3. The van der Waals surface area contributed by atoms with E-state index in [1.807, 2.05) is 24.3 Å². The van der Waals surface area contributed by atoms with Crippen molar-refractivity contribution in [3.63, 3.8) is 0 Å². The fraction of sp³-hybridized carbons (Fsp3) is 0.433. The van der Waals surface area contributed by atoms with Gasteiger partial charge in [-0.2, -0.15) is 5.26 Å². The van der Waals surface area contributed by atoms with E-state index in [1.165, 1.54) is 12.1 Å². The molecule has 1 unspecified atom stereocenters. The SMILES string of the molecule is C=CCN(CCCC(NC(=O)c1ccc(C#N)cc1)C(=O)N1CCC(O)CC1)[C@@H]1C[C@H]1c1ccc(F)cc1. The molecule has 4 rings (SSSR count). The number of hydrogen-bond donors (Lipinski definition) is 2. The lowest BCUT2D eigenvalue weighted by Gasteiger charge is -2.33. The van der Waals surface area contributed by atoms with Crippen LogP contribution < -0.4 is 5.32 Å². The number of nitriles is 1. The minimum Gasteiger partial charge on any atom is -0.393 e. The number of carbonyl (C=O) groups excluding carboxylic acids is 2. The van der Waals surface area contributed by atoms with E-state index >= 15 is 0 Å². The standard InChI is InChI=1S/C30H35FN4O3/c1-2-15-34(28-19-26(28)22-9-11-24(31)12-10-22)16-3-4-27(30(38)35-17-13-25(36)14-18-35)33-29(37)23-7-5-21(20-32)6-8-23/h2,5-12,25-28,36H,1,3-4,13-19H2,(H,33,37)/t26-,27?,28+/m0/s1. The van der Waals surface area contributed by atoms with Gasteiger partial charge < -0.3 is 15.3 Å². The molecule has 1 heterocycles. The molecule has 2 aromatic rings. The lowest BCUT2D eigenvalue weighted by molar-refractivity contribution is -0.135. The molecular formula is C30H35FN4O3. The summed E-state index contributed by atoms with van der Waals surface area (Å²) in [5, 5.41) is 21.8. The summed E-state index contributed by atoms with van der Waals surface area (Å²) in [6.07, 6.45) is 4.69. The lowest BCUT2D eigenvalue weighted by atomic mass is 10.0. The van der Waals surface area contributed by atoms with Crippen molar-refractivity contribution >= 4 is 11.8 Å². The first-order valence-corrected chi connectivity index (χ1v) is 13.3. The van der Waals surface area contributed by atoms with Gasteiger partial charge in [0, 0.05) is 37.2 Å². The summed E-state index contributed by atoms with van der Waals surface area (Å²) >= 11 is 0. The van der Waals surface area contributed by atoms with Crippen molar-refractivity contribution in [1.82, 2.24) is 15.1 Å². The largest absolute Gasteiger partial charge is 0.393 e. The summed E-state index contributed by atoms with van der Waals surface area (Å²) in [5.41, 5.74) is 1.98. The van der Waals surface area contributed by atoms with Gasteiger partial charge in [-0.25, -0.2) is 4.39 Å². The van der Waals surface area contributed by atoms with Crippen LogP contribution in [0.2, 0.25) is 0 Å². The number of likely N-dealkylation sites (tertiary alicyclic amines) is 1. The number of halogens is 1. The average Bonchev–Trinajstić information content (AvgIpc) is 3.73. The molecule has 0 bridgehead atoms. The molecule has 0 spiro atoms. The maximum Gasteiger partial charge on any atom is 0.251 e. The maximum absolute atomic E-state index is 13.4. The number of aliphatic hydroxyl groups is 1. The van der Waals surface area contributed by atoms with Gasteiger partial charge in [-0.05, 0) is 80.6 Å². The fourth-order valence-corrected chi connectivity index (χ4v) is 5.21. The van der Waals surface area contributed by atoms with Crippen molar-refractivity contribution in [3.8, 4) is 6.07 Å². The van der Waals surface area contributed by atoms with Gasteiger partial charge >= 0.3 is 0 Å². The molecule has 2 N–H and O–H groups in total. The van der Waals surface area contributed by atoms with E-state index in [2.05, 4.69) is 16.8 Å². The van der Waals surface area contributed by atoms with Gasteiger partial charge in [0.25, 0.3) is 5.91 Å². The van der Waals surface area contributed by atoms with Crippen LogP contribution in [0.3, 0.4) is 0 Å². The molecule has 1 aliphatic heterocycles. The van der Waals surface area contributed by atoms with Gasteiger partial charge in [0.1, 0.15) is 11.9 Å². The van der Waals surface area contributed by atoms with Crippen LogP contribution in [-0.4, -0.2) is 71.1 Å². The predicted octanol–water partition coefficient (Wildman–Crippen LogP) is 3.60. The number of aliphatic hydroxyl groups excluding tert-OH is 1. The van der Waals surface area contributed by atoms with Crippen LogP contribution in [-0.2, 0) is 4.79 Å². The third kappa shape index (κ3) is 7.06. The van der Waals surface area contributed by atoms with Crippen LogP contribution in [0.25, 0.3) is 0 Å². The molecule has 3 atom stereocenters. The minimum absolute atomic E-state index is 0.134. The zero-order chi connectivity index (χ0) is 27.1. The quantitative estimate of drug-likeness (QED) is 0.443. The van der Waals surface area contributed by atoms with Crippen molar-refractivity contribution in [1.29, 1.82) is 5.26 Å². The molecule has 0 aromatic heterocycles. The first-order chi connectivity index (χ1) is 18.4. The van der Waals surface area contributed by atoms with Crippen molar-refractivity contribution in [2.45, 2.75) is 56.2 Å². The third-order valence-corrected chi connectivity index (χ3v) is 7.48. The zero-order valence-corrected chi connectivity index (χ0v) is 21.6. The number of nitrogens with one attached hydrogen (secondary N) is 1. The maximum atomic E-state index is 13.4. The van der Waals surface area contributed by atoms with Crippen molar-refractivity contribution < 1.29 is 19.1 Å². The minimum atomic E-state index is -0.689. The van der Waals surface area contributed by atoms with Crippen molar-refractivity contribution in [2.75, 3.05) is 26.2 Å². The molecular weight excluding hydrogens is 483 g/mol. The highest BCUT2D eigenvalue weighted by Crippen LogP contribution is 2.44. The Labute approximate surface area is 223 Å². The summed E-state index contributed by atoms with van der Waals surface area (Å²) in [5.74, 6) is -0.379. The highest BCUT2D eigenvalue weighted by atomic mass is 19.1. The molecule has 2 aromatic carbocycles. The molecule has 1 saturated carbocycles. The molecule has 7 nitrogen and oxygen atoms in total. The molecule has 38 heavy (non-hydrogen) atoms. The number of benzene rings is 2. The van der Waals surface area contributed by atoms with Crippen molar-refractivity contribution in [3.05, 3.63) is 83.7 Å².